The van der Waals surface area contributed by atoms with Crippen LogP contribution in [0.2, 0.25) is 0 Å². The third kappa shape index (κ3) is 2.79. The number of hydrogen-bond donors (Lipinski definition) is 0. The van der Waals surface area contributed by atoms with Crippen LogP contribution in [0.3, 0.4) is 0 Å². The lowest BCUT2D eigenvalue weighted by atomic mass is 10.2. The van der Waals surface area contributed by atoms with Gasteiger partial charge in [0.25, 0.3) is 5.56 Å². The van der Waals surface area contributed by atoms with Gasteiger partial charge in [-0.3, -0.25) is 9.69 Å². The van der Waals surface area contributed by atoms with Gasteiger partial charge in [0.2, 0.25) is 0 Å². The van der Waals surface area contributed by atoms with Crippen molar-refractivity contribution < 1.29 is 13.9 Å². The van der Waals surface area contributed by atoms with Crippen LogP contribution < -0.4 is 10.5 Å². The van der Waals surface area contributed by atoms with Crippen LogP contribution in [0, 0.1) is 5.82 Å². The van der Waals surface area contributed by atoms with Crippen LogP contribution in [0.5, 0.6) is 0 Å². The molecule has 0 bridgehead atoms. The van der Waals surface area contributed by atoms with E-state index in [9.17, 15) is 14.0 Å². The Kier molecular flexibility index (Phi) is 3.43. The first-order valence-corrected chi connectivity index (χ1v) is 6.53. The zero-order valence-electron chi connectivity index (χ0n) is 11.1. The van der Waals surface area contributed by atoms with Crippen molar-refractivity contribution in [2.75, 3.05) is 11.4 Å². The minimum absolute atomic E-state index is 0.131. The lowest BCUT2D eigenvalue weighted by Gasteiger charge is -2.13. The largest absolute Gasteiger partial charge is 0.442 e. The third-order valence-electron chi connectivity index (χ3n) is 3.29. The summed E-state index contributed by atoms with van der Waals surface area (Å²) >= 11 is 0. The molecule has 108 valence electrons. The van der Waals surface area contributed by atoms with Gasteiger partial charge in [-0.05, 0) is 18.2 Å². The van der Waals surface area contributed by atoms with E-state index in [-0.39, 0.29) is 12.1 Å². The lowest BCUT2D eigenvalue weighted by molar-refractivity contribution is 0.131. The fourth-order valence-corrected chi connectivity index (χ4v) is 2.30. The minimum atomic E-state index is -0.501. The summed E-state index contributed by atoms with van der Waals surface area (Å²) in [4.78, 5) is 25.0. The van der Waals surface area contributed by atoms with E-state index in [2.05, 4.69) is 0 Å². The monoisotopic (exact) mass is 288 g/mol. The van der Waals surface area contributed by atoms with Crippen LogP contribution in [0.1, 0.15) is 0 Å². The number of para-hydroxylation sites is 1. The Morgan fingerprint density at radius 3 is 2.67 bits per heavy atom. The maximum Gasteiger partial charge on any atom is 0.414 e. The molecular weight excluding hydrogens is 275 g/mol. The van der Waals surface area contributed by atoms with Gasteiger partial charge in [-0.25, -0.2) is 9.18 Å². The number of nitrogens with zero attached hydrogens (tertiary/aromatic N) is 2. The molecule has 1 amide bonds. The van der Waals surface area contributed by atoms with E-state index in [1.807, 2.05) is 18.2 Å². The Hall–Kier alpha value is -2.63. The predicted molar refractivity (Wildman–Crippen MR) is 74.7 cm³/mol. The molecule has 0 N–H and O–H groups in total. The van der Waals surface area contributed by atoms with E-state index >= 15 is 0 Å². The smallest absolute Gasteiger partial charge is 0.414 e. The van der Waals surface area contributed by atoms with E-state index in [0.29, 0.717) is 6.54 Å². The number of aromatic nitrogens is 1. The average molecular weight is 288 g/mol. The fourth-order valence-electron chi connectivity index (χ4n) is 2.30. The van der Waals surface area contributed by atoms with Gasteiger partial charge in [0.15, 0.2) is 0 Å². The first-order valence-electron chi connectivity index (χ1n) is 6.53. The maximum absolute atomic E-state index is 13.2. The van der Waals surface area contributed by atoms with E-state index in [1.54, 1.807) is 12.1 Å². The second kappa shape index (κ2) is 5.40. The number of pyridine rings is 1. The molecule has 3 rings (SSSR count). The Morgan fingerprint density at radius 2 is 1.90 bits per heavy atom. The van der Waals surface area contributed by atoms with Crippen molar-refractivity contribution in [1.29, 1.82) is 0 Å². The Labute approximate surface area is 120 Å². The molecule has 1 aromatic carbocycles. The highest BCUT2D eigenvalue weighted by molar-refractivity contribution is 5.89. The van der Waals surface area contributed by atoms with Crippen molar-refractivity contribution in [3.63, 3.8) is 0 Å². The fraction of sp³-hybridized carbons (Fsp3) is 0.200. The molecule has 1 aliphatic heterocycles. The van der Waals surface area contributed by atoms with Crippen LogP contribution in [0.25, 0.3) is 0 Å². The average Bonchev–Trinajstić information content (AvgIpc) is 2.84. The maximum atomic E-state index is 13.2. The molecule has 21 heavy (non-hydrogen) atoms. The number of carbonyl (C=O) groups is 1. The molecule has 0 spiro atoms. The van der Waals surface area contributed by atoms with E-state index in [0.717, 1.165) is 24.0 Å². The molecule has 5 nitrogen and oxygen atoms in total. The quantitative estimate of drug-likeness (QED) is 0.868. The van der Waals surface area contributed by atoms with Gasteiger partial charge >= 0.3 is 6.09 Å². The second-order valence-corrected chi connectivity index (χ2v) is 4.79. The number of hydrogen-bond acceptors (Lipinski definition) is 3. The zero-order chi connectivity index (χ0) is 14.8. The standard InChI is InChI=1S/C15H13FN2O3/c16-11-6-7-14(19)17(8-11)9-13-10-18(15(20)21-13)12-4-2-1-3-5-12/h1-8,13H,9-10H2/t13-/m1/s1. The van der Waals surface area contributed by atoms with Crippen LogP contribution >= 0.6 is 0 Å². The molecule has 2 heterocycles. The first-order chi connectivity index (χ1) is 10.1. The molecular formula is C15H13FN2O3. The SMILES string of the molecule is O=C1O[C@H](Cn2cc(F)ccc2=O)CN1c1ccccc1. The molecule has 0 radical (unpaired) electrons. The highest BCUT2D eigenvalue weighted by Gasteiger charge is 2.32. The molecule has 0 unspecified atom stereocenters. The number of halogens is 1. The Morgan fingerprint density at radius 1 is 1.14 bits per heavy atom. The summed E-state index contributed by atoms with van der Waals surface area (Å²) < 4.78 is 19.6. The molecule has 1 aliphatic rings. The van der Waals surface area contributed by atoms with Crippen molar-refractivity contribution in [2.24, 2.45) is 0 Å². The summed E-state index contributed by atoms with van der Waals surface area (Å²) in [7, 11) is 0. The highest BCUT2D eigenvalue weighted by Crippen LogP contribution is 2.21. The summed E-state index contributed by atoms with van der Waals surface area (Å²) in [5.74, 6) is -0.501. The van der Waals surface area contributed by atoms with Crippen molar-refractivity contribution in [1.82, 2.24) is 4.57 Å². The normalized spacial score (nSPS) is 17.9. The van der Waals surface area contributed by atoms with Crippen LogP contribution in [0.15, 0.2) is 53.5 Å². The topological polar surface area (TPSA) is 51.5 Å². The molecule has 0 saturated carbocycles. The summed E-state index contributed by atoms with van der Waals surface area (Å²) in [5, 5.41) is 0. The summed E-state index contributed by atoms with van der Waals surface area (Å²) in [6.07, 6.45) is 0.161. The van der Waals surface area contributed by atoms with E-state index in [4.69, 9.17) is 4.74 Å². The van der Waals surface area contributed by atoms with Gasteiger partial charge in [-0.2, -0.15) is 0 Å². The van der Waals surface area contributed by atoms with Gasteiger partial charge in [-0.1, -0.05) is 18.2 Å². The molecule has 1 atom stereocenters. The third-order valence-corrected chi connectivity index (χ3v) is 3.29. The van der Waals surface area contributed by atoms with Crippen LogP contribution in [-0.2, 0) is 11.3 Å². The molecule has 6 heteroatoms. The number of benzene rings is 1. The molecule has 0 aliphatic carbocycles. The van der Waals surface area contributed by atoms with Gasteiger partial charge in [0, 0.05) is 18.0 Å². The van der Waals surface area contributed by atoms with Crippen molar-refractivity contribution in [3.05, 3.63) is 64.8 Å². The number of cyclic esters (lactones) is 1. The van der Waals surface area contributed by atoms with E-state index in [1.165, 1.54) is 9.47 Å². The second-order valence-electron chi connectivity index (χ2n) is 4.79. The lowest BCUT2D eigenvalue weighted by Crippen LogP contribution is -2.29. The number of rotatable bonds is 3. The van der Waals surface area contributed by atoms with Gasteiger partial charge in [0.05, 0.1) is 13.1 Å². The minimum Gasteiger partial charge on any atom is -0.442 e. The summed E-state index contributed by atoms with van der Waals surface area (Å²) in [6.45, 7) is 0.456. The predicted octanol–water partition coefficient (Wildman–Crippen LogP) is 2.01. The van der Waals surface area contributed by atoms with Crippen LogP contribution in [-0.4, -0.2) is 23.3 Å². The van der Waals surface area contributed by atoms with Crippen LogP contribution in [0.4, 0.5) is 14.9 Å². The number of amides is 1. The Bertz CT molecular complexity index is 714. The number of carbonyl (C=O) groups excluding carboxylic acids is 1. The molecule has 2 aromatic rings. The van der Waals surface area contributed by atoms with Gasteiger partial charge in [0.1, 0.15) is 11.9 Å². The summed E-state index contributed by atoms with van der Waals surface area (Å²) in [6, 6.07) is 11.4. The highest BCUT2D eigenvalue weighted by atomic mass is 19.1. The van der Waals surface area contributed by atoms with Crippen molar-refractivity contribution >= 4 is 11.8 Å². The molecule has 1 fully saturated rings. The van der Waals surface area contributed by atoms with Gasteiger partial charge < -0.3 is 9.30 Å². The number of ether oxygens (including phenoxy) is 1. The zero-order valence-corrected chi connectivity index (χ0v) is 11.1. The van der Waals surface area contributed by atoms with E-state index < -0.39 is 18.0 Å². The first kappa shape index (κ1) is 13.4. The molecule has 1 saturated heterocycles. The number of anilines is 1. The summed E-state index contributed by atoms with van der Waals surface area (Å²) in [5.41, 5.74) is 0.405. The van der Waals surface area contributed by atoms with Crippen molar-refractivity contribution in [2.45, 2.75) is 12.6 Å². The van der Waals surface area contributed by atoms with Gasteiger partial charge in [-0.15, -0.1) is 0 Å². The van der Waals surface area contributed by atoms with Crippen molar-refractivity contribution in [3.8, 4) is 0 Å². The Balaban J connectivity index is 1.76. The molecule has 1 aromatic heterocycles.